The molecule has 0 bridgehead atoms. The van der Waals surface area contributed by atoms with Gasteiger partial charge >= 0.3 is 116 Å². The molecule has 0 N–H and O–H groups in total. The van der Waals surface area contributed by atoms with Crippen molar-refractivity contribution in [1.82, 2.24) is 0 Å². The van der Waals surface area contributed by atoms with Crippen molar-refractivity contribution in [3.05, 3.63) is 0 Å². The summed E-state index contributed by atoms with van der Waals surface area (Å²) in [5, 5.41) is 0. The summed E-state index contributed by atoms with van der Waals surface area (Å²) in [5.41, 5.74) is 0. The van der Waals surface area contributed by atoms with Crippen LogP contribution in [0.25, 0.3) is 0 Å². The molecule has 0 aliphatic carbocycles. The molecule has 0 spiro atoms. The van der Waals surface area contributed by atoms with E-state index in [-0.39, 0.29) is 80.9 Å². The topological polar surface area (TPSA) is 0 Å². The monoisotopic (exact) mass is 249 g/mol. The van der Waals surface area contributed by atoms with E-state index in [1.165, 1.54) is 0 Å². The Hall–Kier alpha value is 3.17. The quantitative estimate of drug-likeness (QED) is 0.441. The molecule has 0 radical (unpaired) electrons. The third-order valence-electron chi connectivity index (χ3n) is 0. The van der Waals surface area contributed by atoms with Gasteiger partial charge in [0.2, 0.25) is 0 Å². The zero-order valence-electron chi connectivity index (χ0n) is 2.39. The van der Waals surface area contributed by atoms with Crippen molar-refractivity contribution in [2.45, 2.75) is 0 Å². The Morgan fingerprint density at radius 3 is 0.750 bits per heavy atom. The van der Waals surface area contributed by atoms with Crippen LogP contribution in [0.5, 0.6) is 0 Å². The third kappa shape index (κ3) is 60.9. The summed E-state index contributed by atoms with van der Waals surface area (Å²) in [6.07, 6.45) is 0. The van der Waals surface area contributed by atoms with Crippen LogP contribution in [-0.2, 0) is 21.8 Å². The Morgan fingerprint density at radius 2 is 0.750 bits per heavy atom. The zero-order valence-corrected chi connectivity index (χ0v) is 4.85. The summed E-state index contributed by atoms with van der Waals surface area (Å²) in [6, 6.07) is 0. The van der Waals surface area contributed by atoms with E-state index in [0.717, 1.165) is 0 Å². The van der Waals surface area contributed by atoms with Gasteiger partial charge in [0.15, 0.2) is 0 Å². The first-order chi connectivity index (χ1) is 2.24. The van der Waals surface area contributed by atoms with Gasteiger partial charge in [-0.15, -0.1) is 0 Å². The first kappa shape index (κ1) is 17.3. The second-order valence-corrected chi connectivity index (χ2v) is 4.23. The molecule has 0 rings (SSSR count). The first-order valence-corrected chi connectivity index (χ1v) is 5.59. The van der Waals surface area contributed by atoms with Crippen LogP contribution in [0.3, 0.4) is 0 Å². The average molecular weight is 250 g/mol. The fraction of sp³-hybridized carbons (Fsp3) is 0. The summed E-state index contributed by atoms with van der Waals surface area (Å²) in [6.45, 7) is 0. The van der Waals surface area contributed by atoms with Crippen molar-refractivity contribution in [2.75, 3.05) is 0 Å². The molecule has 8 heavy (non-hydrogen) atoms. The number of hydrogen-bond donors (Lipinski definition) is 0. The molecule has 0 atom stereocenters. The summed E-state index contributed by atoms with van der Waals surface area (Å²) < 4.78 is 49.6. The van der Waals surface area contributed by atoms with Gasteiger partial charge < -0.3 is 0 Å². The normalized spacial score (nSPS) is 14.4. The van der Waals surface area contributed by atoms with Crippen LogP contribution in [-0.4, -0.2) is 80.9 Å². The third-order valence-corrected chi connectivity index (χ3v) is 0. The van der Waals surface area contributed by atoms with Gasteiger partial charge in [-0.25, -0.2) is 0 Å². The van der Waals surface area contributed by atoms with E-state index in [2.05, 4.69) is 0 Å². The molecule has 0 unspecified atom stereocenters. The minimum atomic E-state index is -9.26. The molecule has 0 nitrogen and oxygen atoms in total. The van der Waals surface area contributed by atoms with Gasteiger partial charge in [-0.3, -0.25) is 0 Å². The number of halogens is 5. The molecule has 0 aliphatic rings. The summed E-state index contributed by atoms with van der Waals surface area (Å²) in [7, 11) is 0. The van der Waals surface area contributed by atoms with Crippen LogP contribution < -0.4 is 0 Å². The van der Waals surface area contributed by atoms with Gasteiger partial charge in [0, 0.05) is 0 Å². The van der Waals surface area contributed by atoms with Crippen LogP contribution in [0.15, 0.2) is 0 Å². The van der Waals surface area contributed by atoms with E-state index in [4.69, 9.17) is 0 Å². The maximum absolute atomic E-state index is 9.92. The summed E-state index contributed by atoms with van der Waals surface area (Å²) >= 11 is -9.26. The predicted octanol–water partition coefficient (Wildman–Crippen LogP) is 0.801. The average Bonchev–Trinajstić information content (AvgIpc) is 0.650. The van der Waals surface area contributed by atoms with Crippen molar-refractivity contribution < 1.29 is 35.0 Å². The fourth-order valence-electron chi connectivity index (χ4n) is 0. The van der Waals surface area contributed by atoms with Gasteiger partial charge in [-0.05, 0) is 0 Å². The second-order valence-electron chi connectivity index (χ2n) is 0.714. The van der Waals surface area contributed by atoms with Gasteiger partial charge in [0.25, 0.3) is 0 Å². The molecule has 0 saturated carbocycles. The summed E-state index contributed by atoms with van der Waals surface area (Å²) in [4.78, 5) is 0. The molecule has 43 valence electrons. The first-order valence-electron chi connectivity index (χ1n) is 0.945. The molecule has 0 fully saturated rings. The predicted molar refractivity (Wildman–Crippen MR) is 19.8 cm³/mol. The Balaban J connectivity index is -0.000000125. The van der Waals surface area contributed by atoms with Crippen LogP contribution in [0.1, 0.15) is 0 Å². The van der Waals surface area contributed by atoms with Gasteiger partial charge in [0.1, 0.15) is 0 Å². The Kier molecular flexibility index (Phi) is 10.7. The molecule has 0 aromatic carbocycles. The van der Waals surface area contributed by atoms with E-state index >= 15 is 0 Å². The molecule has 0 amide bonds. The minimum absolute atomic E-state index is 0. The van der Waals surface area contributed by atoms with Gasteiger partial charge in [0.05, 0.1) is 0 Å². The fourth-order valence-corrected chi connectivity index (χ4v) is 0. The molecule has 0 aliphatic heterocycles. The Morgan fingerprint density at radius 1 is 0.750 bits per heavy atom. The molecule has 0 aromatic heterocycles. The van der Waals surface area contributed by atoms with Gasteiger partial charge in [-0.2, -0.15) is 0 Å². The molecule has 0 aromatic rings. The van der Waals surface area contributed by atoms with E-state index < -0.39 is 21.8 Å². The van der Waals surface area contributed by atoms with E-state index in [0.29, 0.717) is 0 Å². The Bertz CT molecular complexity index is 45.6. The standard InChI is InChI=1S/5FH.K.Na.Zr.2H/h5*1H;;;;;/q;;;;;;;+5;;/p-5. The van der Waals surface area contributed by atoms with Crippen molar-refractivity contribution in [1.29, 1.82) is 0 Å². The van der Waals surface area contributed by atoms with Gasteiger partial charge in [-0.1, -0.05) is 0 Å². The number of hydrogen-bond acceptors (Lipinski definition) is 0. The van der Waals surface area contributed by atoms with Crippen molar-refractivity contribution in [2.24, 2.45) is 0 Å². The molecule has 8 heteroatoms. The Labute approximate surface area is 113 Å². The second kappa shape index (κ2) is 4.93. The van der Waals surface area contributed by atoms with Crippen molar-refractivity contribution >= 4 is 80.9 Å². The van der Waals surface area contributed by atoms with E-state index in [1.807, 2.05) is 0 Å². The zero-order chi connectivity index (χ0) is 5.45. The van der Waals surface area contributed by atoms with Crippen molar-refractivity contribution in [3.63, 3.8) is 0 Å². The van der Waals surface area contributed by atoms with Crippen LogP contribution in [0.2, 0.25) is 0 Å². The number of rotatable bonds is 0. The van der Waals surface area contributed by atoms with Crippen molar-refractivity contribution in [3.8, 4) is 0 Å². The van der Waals surface area contributed by atoms with Crippen LogP contribution >= 0.6 is 0 Å². The molecular formula is H2F5KNaZr. The maximum atomic E-state index is 9.92. The molecule has 0 saturated heterocycles. The molecular weight excluding hydrogens is 248 g/mol. The summed E-state index contributed by atoms with van der Waals surface area (Å²) in [5.74, 6) is 0. The van der Waals surface area contributed by atoms with Crippen LogP contribution in [0.4, 0.5) is 13.1 Å². The SMILES string of the molecule is [F][Zr]([F])([F])([F])[F].[KH].[NaH]. The molecule has 0 heterocycles. The van der Waals surface area contributed by atoms with E-state index in [9.17, 15) is 13.1 Å². The van der Waals surface area contributed by atoms with Crippen LogP contribution in [0, 0.1) is 0 Å². The van der Waals surface area contributed by atoms with E-state index in [1.54, 1.807) is 0 Å².